The van der Waals surface area contributed by atoms with Crippen molar-refractivity contribution >= 4 is 17.8 Å². The molecule has 7 heteroatoms. The summed E-state index contributed by atoms with van der Waals surface area (Å²) in [6.45, 7) is 6.23. The van der Waals surface area contributed by atoms with Gasteiger partial charge in [0.15, 0.2) is 0 Å². The highest BCUT2D eigenvalue weighted by Gasteiger charge is 2.44. The van der Waals surface area contributed by atoms with Crippen molar-refractivity contribution in [1.82, 2.24) is 20.4 Å². The topological polar surface area (TPSA) is 81.8 Å². The van der Waals surface area contributed by atoms with Crippen LogP contribution >= 0.6 is 0 Å². The zero-order valence-electron chi connectivity index (χ0n) is 15.9. The van der Waals surface area contributed by atoms with E-state index >= 15 is 0 Å². The highest BCUT2D eigenvalue weighted by atomic mass is 16.2. The summed E-state index contributed by atoms with van der Waals surface area (Å²) in [4.78, 5) is 41.2. The molecule has 7 nitrogen and oxygen atoms in total. The predicted octanol–water partition coefficient (Wildman–Crippen LogP) is 1.62. The Morgan fingerprint density at radius 3 is 2.82 bits per heavy atom. The number of amides is 4. The number of carbonyl (C=O) groups is 3. The largest absolute Gasteiger partial charge is 0.352 e. The van der Waals surface area contributed by atoms with Gasteiger partial charge in [0, 0.05) is 12.6 Å². The second-order valence-corrected chi connectivity index (χ2v) is 7.56. The molecule has 1 saturated carbocycles. The van der Waals surface area contributed by atoms with Gasteiger partial charge < -0.3 is 15.5 Å². The average molecular weight is 380 g/mol. The second-order valence-electron chi connectivity index (χ2n) is 7.56. The van der Waals surface area contributed by atoms with E-state index in [9.17, 15) is 14.4 Å². The van der Waals surface area contributed by atoms with Crippen molar-refractivity contribution in [3.8, 4) is 0 Å². The first-order chi connectivity index (χ1) is 13.5. The zero-order valence-corrected chi connectivity index (χ0v) is 15.9. The van der Waals surface area contributed by atoms with Gasteiger partial charge in [0.05, 0.1) is 23.9 Å². The van der Waals surface area contributed by atoms with E-state index in [0.717, 1.165) is 24.0 Å². The molecule has 3 aliphatic rings. The molecule has 2 N–H and O–H groups in total. The van der Waals surface area contributed by atoms with Crippen LogP contribution in [0.3, 0.4) is 0 Å². The van der Waals surface area contributed by atoms with Crippen LogP contribution in [0.5, 0.6) is 0 Å². The van der Waals surface area contributed by atoms with E-state index in [1.807, 2.05) is 31.2 Å². The molecule has 2 heterocycles. The summed E-state index contributed by atoms with van der Waals surface area (Å²) in [7, 11) is 0. The van der Waals surface area contributed by atoms with Gasteiger partial charge in [0.25, 0.3) is 5.91 Å². The summed E-state index contributed by atoms with van der Waals surface area (Å²) in [6.07, 6.45) is 3.62. The summed E-state index contributed by atoms with van der Waals surface area (Å²) in [5, 5.41) is 5.86. The van der Waals surface area contributed by atoms with Crippen molar-refractivity contribution < 1.29 is 14.4 Å². The third-order valence-corrected chi connectivity index (χ3v) is 5.26. The molecular formula is C21H24N4O3. The fraction of sp³-hybridized carbons (Fsp3) is 0.381. The van der Waals surface area contributed by atoms with E-state index < -0.39 is 6.04 Å². The molecule has 0 unspecified atom stereocenters. The Balaban J connectivity index is 1.64. The Morgan fingerprint density at radius 1 is 1.36 bits per heavy atom. The lowest BCUT2D eigenvalue weighted by molar-refractivity contribution is -0.132. The van der Waals surface area contributed by atoms with Crippen LogP contribution < -0.4 is 10.6 Å². The molecule has 0 bridgehead atoms. The predicted molar refractivity (Wildman–Crippen MR) is 104 cm³/mol. The Kier molecular flexibility index (Phi) is 4.66. The minimum absolute atomic E-state index is 0.00100. The van der Waals surface area contributed by atoms with Gasteiger partial charge in [-0.25, -0.2) is 4.79 Å². The van der Waals surface area contributed by atoms with Crippen LogP contribution in [0.1, 0.15) is 30.0 Å². The Labute approximate surface area is 164 Å². The lowest BCUT2D eigenvalue weighted by Gasteiger charge is -2.33. The number of hydrogen-bond acceptors (Lipinski definition) is 3. The first-order valence-corrected chi connectivity index (χ1v) is 9.55. The Hall–Kier alpha value is -3.09. The average Bonchev–Trinajstić information content (AvgIpc) is 3.41. The van der Waals surface area contributed by atoms with Gasteiger partial charge in [-0.1, -0.05) is 35.9 Å². The number of nitrogens with zero attached hydrogens (tertiary/aromatic N) is 2. The molecule has 28 heavy (non-hydrogen) atoms. The molecule has 0 radical (unpaired) electrons. The second kappa shape index (κ2) is 7.14. The van der Waals surface area contributed by atoms with Gasteiger partial charge in [-0.05, 0) is 25.3 Å². The van der Waals surface area contributed by atoms with Gasteiger partial charge in [0.2, 0.25) is 5.91 Å². The first-order valence-electron chi connectivity index (χ1n) is 9.55. The summed E-state index contributed by atoms with van der Waals surface area (Å²) in [6, 6.07) is 7.21. The minimum atomic E-state index is -0.521. The van der Waals surface area contributed by atoms with Crippen molar-refractivity contribution in [2.45, 2.75) is 31.8 Å². The molecule has 0 saturated heterocycles. The SMILES string of the molecule is C=CCN1C(=O)N[C@H](c2cccc(C)c2)C2=C1CN(CC(=O)NC1CC1)C2=O. The van der Waals surface area contributed by atoms with Crippen LogP contribution in [0.2, 0.25) is 0 Å². The van der Waals surface area contributed by atoms with Crippen LogP contribution in [-0.4, -0.2) is 53.3 Å². The smallest absolute Gasteiger partial charge is 0.322 e. The molecule has 1 atom stereocenters. The molecule has 1 aromatic rings. The van der Waals surface area contributed by atoms with Crippen molar-refractivity contribution in [3.05, 3.63) is 59.3 Å². The molecule has 1 aromatic carbocycles. The maximum atomic E-state index is 13.2. The third kappa shape index (κ3) is 3.40. The van der Waals surface area contributed by atoms with E-state index in [0.29, 0.717) is 17.8 Å². The van der Waals surface area contributed by atoms with Gasteiger partial charge in [-0.2, -0.15) is 0 Å². The normalized spacial score (nSPS) is 21.5. The lowest BCUT2D eigenvalue weighted by atomic mass is 9.94. The van der Waals surface area contributed by atoms with E-state index in [2.05, 4.69) is 17.2 Å². The number of benzene rings is 1. The number of urea groups is 1. The molecule has 4 amide bonds. The van der Waals surface area contributed by atoms with Gasteiger partial charge in [-0.3, -0.25) is 14.5 Å². The molecule has 1 aliphatic carbocycles. The monoisotopic (exact) mass is 380 g/mol. The number of carbonyl (C=O) groups excluding carboxylic acids is 3. The highest BCUT2D eigenvalue weighted by Crippen LogP contribution is 2.36. The molecule has 1 fully saturated rings. The number of nitrogens with one attached hydrogen (secondary N) is 2. The quantitative estimate of drug-likeness (QED) is 0.736. The summed E-state index contributed by atoms with van der Waals surface area (Å²) < 4.78 is 0. The van der Waals surface area contributed by atoms with Gasteiger partial charge in [-0.15, -0.1) is 6.58 Å². The van der Waals surface area contributed by atoms with Crippen LogP contribution in [0.15, 0.2) is 48.2 Å². The van der Waals surface area contributed by atoms with Crippen molar-refractivity contribution in [1.29, 1.82) is 0 Å². The van der Waals surface area contributed by atoms with Crippen LogP contribution in [0, 0.1) is 6.92 Å². The molecule has 146 valence electrons. The standard InChI is InChI=1S/C21H24N4O3/c1-3-9-25-16-11-24(12-17(26)22-15-7-8-15)20(27)18(16)19(23-21(25)28)14-6-4-5-13(2)10-14/h3-6,10,15,19H,1,7-9,11-12H2,2H3,(H,22,26)(H,23,28)/t19-/m1/s1. The molecule has 2 aliphatic heterocycles. The summed E-state index contributed by atoms with van der Waals surface area (Å²) in [5.74, 6) is -0.362. The lowest BCUT2D eigenvalue weighted by Crippen LogP contribution is -2.47. The fourth-order valence-corrected chi connectivity index (χ4v) is 3.77. The highest BCUT2D eigenvalue weighted by molar-refractivity contribution is 6.03. The maximum Gasteiger partial charge on any atom is 0.322 e. The number of aryl methyl sites for hydroxylation is 1. The Bertz CT molecular complexity index is 887. The summed E-state index contributed by atoms with van der Waals surface area (Å²) in [5.41, 5.74) is 3.09. The molecule has 0 spiro atoms. The first kappa shape index (κ1) is 18.3. The van der Waals surface area contributed by atoms with E-state index in [-0.39, 0.29) is 37.0 Å². The summed E-state index contributed by atoms with van der Waals surface area (Å²) >= 11 is 0. The van der Waals surface area contributed by atoms with Crippen molar-refractivity contribution in [3.63, 3.8) is 0 Å². The van der Waals surface area contributed by atoms with Gasteiger partial charge in [0.1, 0.15) is 6.54 Å². The van der Waals surface area contributed by atoms with Gasteiger partial charge >= 0.3 is 6.03 Å². The van der Waals surface area contributed by atoms with Crippen molar-refractivity contribution in [2.75, 3.05) is 19.6 Å². The number of hydrogen-bond donors (Lipinski definition) is 2. The molecule has 4 rings (SSSR count). The minimum Gasteiger partial charge on any atom is -0.352 e. The maximum absolute atomic E-state index is 13.2. The fourth-order valence-electron chi connectivity index (χ4n) is 3.77. The Morgan fingerprint density at radius 2 is 2.14 bits per heavy atom. The van der Waals surface area contributed by atoms with E-state index in [1.54, 1.807) is 6.08 Å². The van der Waals surface area contributed by atoms with Crippen LogP contribution in [-0.2, 0) is 9.59 Å². The molecule has 0 aromatic heterocycles. The van der Waals surface area contributed by atoms with E-state index in [4.69, 9.17) is 0 Å². The third-order valence-electron chi connectivity index (χ3n) is 5.26. The number of rotatable bonds is 6. The molecular weight excluding hydrogens is 356 g/mol. The van der Waals surface area contributed by atoms with Crippen LogP contribution in [0.25, 0.3) is 0 Å². The zero-order chi connectivity index (χ0) is 19.8. The van der Waals surface area contributed by atoms with E-state index in [1.165, 1.54) is 9.80 Å². The van der Waals surface area contributed by atoms with Crippen molar-refractivity contribution in [2.24, 2.45) is 0 Å². The van der Waals surface area contributed by atoms with Crippen LogP contribution in [0.4, 0.5) is 4.79 Å².